The van der Waals surface area contributed by atoms with Crippen molar-refractivity contribution >= 4 is 11.5 Å². The third-order valence-corrected chi connectivity index (χ3v) is 3.87. The van der Waals surface area contributed by atoms with Gasteiger partial charge in [-0.2, -0.15) is 0 Å². The maximum Gasteiger partial charge on any atom is 0.158 e. The number of benzene rings is 1. The molecule has 0 saturated heterocycles. The van der Waals surface area contributed by atoms with E-state index < -0.39 is 0 Å². The Labute approximate surface area is 96.1 Å². The summed E-state index contributed by atoms with van der Waals surface area (Å²) >= 11 is 0. The number of nitrogens with one attached hydrogen (secondary N) is 1. The van der Waals surface area contributed by atoms with Crippen LogP contribution < -0.4 is 5.32 Å². The van der Waals surface area contributed by atoms with Crippen molar-refractivity contribution in [1.29, 1.82) is 0 Å². The first kappa shape index (κ1) is 9.88. The molecular formula is C14H17NO. The lowest BCUT2D eigenvalue weighted by molar-refractivity contribution is -0.123. The van der Waals surface area contributed by atoms with Crippen molar-refractivity contribution in [2.75, 3.05) is 5.32 Å². The third kappa shape index (κ3) is 1.62. The van der Waals surface area contributed by atoms with Gasteiger partial charge in [0, 0.05) is 18.0 Å². The van der Waals surface area contributed by atoms with Crippen molar-refractivity contribution in [3.8, 4) is 0 Å². The molecule has 16 heavy (non-hydrogen) atoms. The highest BCUT2D eigenvalue weighted by Gasteiger charge is 2.32. The first-order valence-electron chi connectivity index (χ1n) is 6.23. The molecule has 1 saturated carbocycles. The SMILES string of the molecule is O=C(C1CCCC1)C1Cc2ccccc2N1. The fourth-order valence-electron chi connectivity index (χ4n) is 2.96. The minimum Gasteiger partial charge on any atom is -0.375 e. The zero-order chi connectivity index (χ0) is 11.0. The molecule has 0 radical (unpaired) electrons. The lowest BCUT2D eigenvalue weighted by atomic mass is 9.95. The van der Waals surface area contributed by atoms with Gasteiger partial charge in [-0.25, -0.2) is 0 Å². The highest BCUT2D eigenvalue weighted by Crippen LogP contribution is 2.31. The minimum atomic E-state index is 0.0421. The number of carbonyl (C=O) groups excluding carboxylic acids is 1. The fourth-order valence-corrected chi connectivity index (χ4v) is 2.96. The van der Waals surface area contributed by atoms with Crippen molar-refractivity contribution < 1.29 is 4.79 Å². The molecule has 84 valence electrons. The molecule has 0 amide bonds. The molecule has 1 heterocycles. The molecule has 1 aromatic carbocycles. The number of anilines is 1. The second-order valence-electron chi connectivity index (χ2n) is 4.94. The summed E-state index contributed by atoms with van der Waals surface area (Å²) in [5.41, 5.74) is 2.44. The summed E-state index contributed by atoms with van der Waals surface area (Å²) in [6, 6.07) is 8.29. The second-order valence-corrected chi connectivity index (χ2v) is 4.94. The topological polar surface area (TPSA) is 29.1 Å². The van der Waals surface area contributed by atoms with Gasteiger partial charge in [-0.15, -0.1) is 0 Å². The number of rotatable bonds is 2. The van der Waals surface area contributed by atoms with Crippen LogP contribution in [0.25, 0.3) is 0 Å². The van der Waals surface area contributed by atoms with Gasteiger partial charge >= 0.3 is 0 Å². The molecule has 1 N–H and O–H groups in total. The van der Waals surface area contributed by atoms with Gasteiger partial charge in [0.05, 0.1) is 6.04 Å². The number of hydrogen-bond donors (Lipinski definition) is 1. The summed E-state index contributed by atoms with van der Waals surface area (Å²) < 4.78 is 0. The minimum absolute atomic E-state index is 0.0421. The van der Waals surface area contributed by atoms with E-state index in [-0.39, 0.29) is 6.04 Å². The summed E-state index contributed by atoms with van der Waals surface area (Å²) in [7, 11) is 0. The van der Waals surface area contributed by atoms with Gasteiger partial charge in [0.1, 0.15) is 0 Å². The Hall–Kier alpha value is -1.31. The molecule has 1 aliphatic heterocycles. The molecule has 2 aliphatic rings. The highest BCUT2D eigenvalue weighted by atomic mass is 16.1. The maximum absolute atomic E-state index is 12.3. The van der Waals surface area contributed by atoms with E-state index in [1.54, 1.807) is 0 Å². The van der Waals surface area contributed by atoms with Gasteiger partial charge < -0.3 is 5.32 Å². The number of para-hydroxylation sites is 1. The molecule has 0 spiro atoms. The van der Waals surface area contributed by atoms with Crippen molar-refractivity contribution in [2.45, 2.75) is 38.1 Å². The Balaban J connectivity index is 1.73. The summed E-state index contributed by atoms with van der Waals surface area (Å²) in [6.45, 7) is 0. The number of fused-ring (bicyclic) bond motifs is 1. The number of Topliss-reactive ketones (excluding diaryl/α,β-unsaturated/α-hetero) is 1. The van der Waals surface area contributed by atoms with Crippen LogP contribution in [0.15, 0.2) is 24.3 Å². The Bertz CT molecular complexity index is 382. The van der Waals surface area contributed by atoms with Crippen LogP contribution in [-0.4, -0.2) is 11.8 Å². The van der Waals surface area contributed by atoms with E-state index in [0.717, 1.165) is 24.9 Å². The van der Waals surface area contributed by atoms with Crippen LogP contribution in [0.3, 0.4) is 0 Å². The molecule has 2 heteroatoms. The average Bonchev–Trinajstić information content (AvgIpc) is 2.97. The summed E-state index contributed by atoms with van der Waals surface area (Å²) in [5, 5.41) is 3.36. The molecule has 1 fully saturated rings. The molecule has 2 nitrogen and oxygen atoms in total. The standard InChI is InChI=1S/C14H17NO/c16-14(10-5-1-2-6-10)13-9-11-7-3-4-8-12(11)15-13/h3-4,7-8,10,13,15H,1-2,5-6,9H2. The number of hydrogen-bond acceptors (Lipinski definition) is 2. The Morgan fingerprint density at radius 1 is 1.19 bits per heavy atom. The molecule has 1 atom stereocenters. The van der Waals surface area contributed by atoms with Crippen molar-refractivity contribution in [1.82, 2.24) is 0 Å². The van der Waals surface area contributed by atoms with Crippen molar-refractivity contribution in [3.63, 3.8) is 0 Å². The summed E-state index contributed by atoms with van der Waals surface area (Å²) in [4.78, 5) is 12.3. The van der Waals surface area contributed by atoms with Crippen LogP contribution in [0.2, 0.25) is 0 Å². The number of carbonyl (C=O) groups is 1. The van der Waals surface area contributed by atoms with Crippen LogP contribution in [0, 0.1) is 5.92 Å². The third-order valence-electron chi connectivity index (χ3n) is 3.87. The molecule has 0 aromatic heterocycles. The van der Waals surface area contributed by atoms with Crippen molar-refractivity contribution in [2.24, 2.45) is 5.92 Å². The fraction of sp³-hybridized carbons (Fsp3) is 0.500. The monoisotopic (exact) mass is 215 g/mol. The van der Waals surface area contributed by atoms with E-state index in [1.807, 2.05) is 12.1 Å². The normalized spacial score (nSPS) is 24.1. The van der Waals surface area contributed by atoms with Crippen LogP contribution >= 0.6 is 0 Å². The number of ketones is 1. The van der Waals surface area contributed by atoms with E-state index in [1.165, 1.54) is 18.4 Å². The van der Waals surface area contributed by atoms with E-state index in [0.29, 0.717) is 11.7 Å². The molecule has 1 aliphatic carbocycles. The van der Waals surface area contributed by atoms with Crippen LogP contribution in [0.5, 0.6) is 0 Å². The van der Waals surface area contributed by atoms with Gasteiger partial charge in [-0.05, 0) is 24.5 Å². The second kappa shape index (κ2) is 3.93. The van der Waals surface area contributed by atoms with Gasteiger partial charge in [0.15, 0.2) is 5.78 Å². The smallest absolute Gasteiger partial charge is 0.158 e. The predicted octanol–water partition coefficient (Wildman–Crippen LogP) is 2.78. The van der Waals surface area contributed by atoms with Crippen LogP contribution in [0.4, 0.5) is 5.69 Å². The molecular weight excluding hydrogens is 198 g/mol. The van der Waals surface area contributed by atoms with Gasteiger partial charge in [0.25, 0.3) is 0 Å². The Morgan fingerprint density at radius 2 is 1.94 bits per heavy atom. The molecule has 1 aromatic rings. The quantitative estimate of drug-likeness (QED) is 0.822. The Morgan fingerprint density at radius 3 is 2.69 bits per heavy atom. The lowest BCUT2D eigenvalue weighted by Crippen LogP contribution is -2.31. The molecule has 3 rings (SSSR count). The largest absolute Gasteiger partial charge is 0.375 e. The van der Waals surface area contributed by atoms with E-state index in [2.05, 4.69) is 17.4 Å². The van der Waals surface area contributed by atoms with E-state index in [9.17, 15) is 4.79 Å². The van der Waals surface area contributed by atoms with Gasteiger partial charge in [0.2, 0.25) is 0 Å². The van der Waals surface area contributed by atoms with Crippen molar-refractivity contribution in [3.05, 3.63) is 29.8 Å². The average molecular weight is 215 g/mol. The summed E-state index contributed by atoms with van der Waals surface area (Å²) in [5.74, 6) is 0.764. The molecule has 1 unspecified atom stereocenters. The maximum atomic E-state index is 12.3. The van der Waals surface area contributed by atoms with Gasteiger partial charge in [-0.3, -0.25) is 4.79 Å². The van der Waals surface area contributed by atoms with E-state index in [4.69, 9.17) is 0 Å². The summed E-state index contributed by atoms with van der Waals surface area (Å²) in [6.07, 6.45) is 5.55. The lowest BCUT2D eigenvalue weighted by Gasteiger charge is -2.14. The van der Waals surface area contributed by atoms with Gasteiger partial charge in [-0.1, -0.05) is 31.0 Å². The molecule has 0 bridgehead atoms. The zero-order valence-electron chi connectivity index (χ0n) is 9.41. The first-order chi connectivity index (χ1) is 7.84. The Kier molecular flexibility index (Phi) is 2.43. The zero-order valence-corrected chi connectivity index (χ0v) is 9.41. The van der Waals surface area contributed by atoms with Crippen LogP contribution in [-0.2, 0) is 11.2 Å². The highest BCUT2D eigenvalue weighted by molar-refractivity contribution is 5.91. The van der Waals surface area contributed by atoms with Crippen LogP contribution in [0.1, 0.15) is 31.2 Å². The predicted molar refractivity (Wildman–Crippen MR) is 64.5 cm³/mol. The first-order valence-corrected chi connectivity index (χ1v) is 6.23. The van der Waals surface area contributed by atoms with E-state index >= 15 is 0 Å².